The molecule has 0 radical (unpaired) electrons. The smallest absolute Gasteiger partial charge is 0.267 e. The molecule has 3 rings (SSSR count). The van der Waals surface area contributed by atoms with Crippen molar-refractivity contribution in [2.45, 2.75) is 13.8 Å². The van der Waals surface area contributed by atoms with E-state index in [0.29, 0.717) is 5.56 Å². The second-order valence-corrected chi connectivity index (χ2v) is 5.22. The van der Waals surface area contributed by atoms with Crippen LogP contribution in [0.5, 0.6) is 0 Å². The van der Waals surface area contributed by atoms with Crippen LogP contribution in [0.2, 0.25) is 0 Å². The molecule has 0 atom stereocenters. The van der Waals surface area contributed by atoms with Crippen molar-refractivity contribution in [3.8, 4) is 22.3 Å². The fraction of sp³-hybridized carbons (Fsp3) is 0.111. The first-order chi connectivity index (χ1) is 10.1. The average molecular weight is 276 g/mol. The van der Waals surface area contributed by atoms with Crippen LogP contribution in [0.4, 0.5) is 0 Å². The first-order valence-electron chi connectivity index (χ1n) is 6.87. The molecule has 1 aromatic heterocycles. The van der Waals surface area contributed by atoms with Crippen LogP contribution < -0.4 is 5.56 Å². The van der Waals surface area contributed by atoms with E-state index in [9.17, 15) is 4.79 Å². The fourth-order valence-corrected chi connectivity index (χ4v) is 2.36. The molecule has 3 nitrogen and oxygen atoms in total. The zero-order chi connectivity index (χ0) is 14.8. The molecule has 0 aliphatic rings. The van der Waals surface area contributed by atoms with Crippen molar-refractivity contribution < 1.29 is 0 Å². The monoisotopic (exact) mass is 276 g/mol. The number of nitrogens with zero attached hydrogens (tertiary/aromatic N) is 1. The summed E-state index contributed by atoms with van der Waals surface area (Å²) in [4.78, 5) is 12.2. The Morgan fingerprint density at radius 3 is 1.90 bits per heavy atom. The second kappa shape index (κ2) is 5.37. The molecule has 0 amide bonds. The van der Waals surface area contributed by atoms with E-state index in [-0.39, 0.29) is 5.56 Å². The molecule has 0 saturated heterocycles. The van der Waals surface area contributed by atoms with Gasteiger partial charge in [-0.3, -0.25) is 4.79 Å². The van der Waals surface area contributed by atoms with Crippen molar-refractivity contribution in [2.24, 2.45) is 0 Å². The van der Waals surface area contributed by atoms with Gasteiger partial charge in [0, 0.05) is 5.56 Å². The molecule has 0 unspecified atom stereocenters. The van der Waals surface area contributed by atoms with Crippen LogP contribution in [0.15, 0.2) is 59.5 Å². The Bertz CT molecular complexity index is 815. The predicted octanol–water partition coefficient (Wildman–Crippen LogP) is 3.72. The number of H-pyrrole nitrogens is 1. The number of aromatic amines is 1. The summed E-state index contributed by atoms with van der Waals surface area (Å²) in [6.45, 7) is 4.07. The number of hydrogen-bond donors (Lipinski definition) is 1. The third kappa shape index (κ3) is 2.63. The van der Waals surface area contributed by atoms with Gasteiger partial charge in [0.15, 0.2) is 0 Å². The van der Waals surface area contributed by atoms with Crippen LogP contribution in [-0.2, 0) is 0 Å². The average Bonchev–Trinajstić information content (AvgIpc) is 2.49. The van der Waals surface area contributed by atoms with E-state index in [2.05, 4.69) is 10.2 Å². The molecule has 0 aliphatic carbocycles. The van der Waals surface area contributed by atoms with Crippen LogP contribution in [0.1, 0.15) is 11.1 Å². The fourth-order valence-electron chi connectivity index (χ4n) is 2.36. The summed E-state index contributed by atoms with van der Waals surface area (Å²) in [5.74, 6) is 0. The third-order valence-electron chi connectivity index (χ3n) is 3.56. The number of benzene rings is 2. The van der Waals surface area contributed by atoms with E-state index >= 15 is 0 Å². The van der Waals surface area contributed by atoms with Crippen LogP contribution in [0, 0.1) is 13.8 Å². The standard InChI is InChI=1S/C18H16N2O/c1-12-3-7-14(8-4-12)16-11-19-20-18(21)17(16)15-9-5-13(2)6-10-15/h3-11H,1-2H3,(H,20,21). The topological polar surface area (TPSA) is 45.8 Å². The molecule has 2 aromatic carbocycles. The van der Waals surface area contributed by atoms with Crippen molar-refractivity contribution in [3.05, 3.63) is 76.2 Å². The summed E-state index contributed by atoms with van der Waals surface area (Å²) in [5.41, 5.74) is 5.59. The van der Waals surface area contributed by atoms with Gasteiger partial charge in [-0.05, 0) is 25.0 Å². The Kier molecular flexibility index (Phi) is 3.40. The van der Waals surface area contributed by atoms with E-state index in [0.717, 1.165) is 16.7 Å². The molecule has 0 saturated carbocycles. The highest BCUT2D eigenvalue weighted by atomic mass is 16.1. The second-order valence-electron chi connectivity index (χ2n) is 5.22. The summed E-state index contributed by atoms with van der Waals surface area (Å²) in [6, 6.07) is 16.1. The van der Waals surface area contributed by atoms with Crippen molar-refractivity contribution in [3.63, 3.8) is 0 Å². The Labute approximate surface area is 123 Å². The minimum Gasteiger partial charge on any atom is -0.267 e. The highest BCUT2D eigenvalue weighted by Gasteiger charge is 2.12. The van der Waals surface area contributed by atoms with E-state index in [1.807, 2.05) is 62.4 Å². The van der Waals surface area contributed by atoms with Crippen molar-refractivity contribution >= 4 is 0 Å². The minimum atomic E-state index is -0.170. The van der Waals surface area contributed by atoms with Gasteiger partial charge in [-0.25, -0.2) is 5.10 Å². The van der Waals surface area contributed by atoms with E-state index in [1.54, 1.807) is 6.20 Å². The maximum atomic E-state index is 12.2. The lowest BCUT2D eigenvalue weighted by molar-refractivity contribution is 0.993. The molecule has 0 fully saturated rings. The lowest BCUT2D eigenvalue weighted by Gasteiger charge is -2.09. The molecule has 3 aromatic rings. The first kappa shape index (κ1) is 13.3. The van der Waals surface area contributed by atoms with Gasteiger partial charge in [0.25, 0.3) is 5.56 Å². The van der Waals surface area contributed by atoms with Crippen molar-refractivity contribution in [2.75, 3.05) is 0 Å². The maximum absolute atomic E-state index is 12.2. The summed E-state index contributed by atoms with van der Waals surface area (Å²) in [5, 5.41) is 6.48. The van der Waals surface area contributed by atoms with Crippen LogP contribution in [-0.4, -0.2) is 10.2 Å². The number of rotatable bonds is 2. The maximum Gasteiger partial charge on any atom is 0.272 e. The Morgan fingerprint density at radius 2 is 1.33 bits per heavy atom. The summed E-state index contributed by atoms with van der Waals surface area (Å²) in [6.07, 6.45) is 1.71. The SMILES string of the molecule is Cc1ccc(-c2cn[nH]c(=O)c2-c2ccc(C)cc2)cc1. The van der Waals surface area contributed by atoms with Crippen LogP contribution in [0.25, 0.3) is 22.3 Å². The number of hydrogen-bond acceptors (Lipinski definition) is 2. The molecule has 1 N–H and O–H groups in total. The zero-order valence-corrected chi connectivity index (χ0v) is 12.1. The largest absolute Gasteiger partial charge is 0.272 e. The molecular formula is C18H16N2O. The Balaban J connectivity index is 2.22. The number of nitrogens with one attached hydrogen (secondary N) is 1. The summed E-state index contributed by atoms with van der Waals surface area (Å²) < 4.78 is 0. The zero-order valence-electron chi connectivity index (χ0n) is 12.1. The van der Waals surface area contributed by atoms with E-state index < -0.39 is 0 Å². The highest BCUT2D eigenvalue weighted by Crippen LogP contribution is 2.28. The van der Waals surface area contributed by atoms with Gasteiger partial charge in [-0.1, -0.05) is 59.7 Å². The Hall–Kier alpha value is -2.68. The van der Waals surface area contributed by atoms with Gasteiger partial charge in [0.1, 0.15) is 0 Å². The third-order valence-corrected chi connectivity index (χ3v) is 3.56. The highest BCUT2D eigenvalue weighted by molar-refractivity contribution is 5.82. The van der Waals surface area contributed by atoms with E-state index in [1.165, 1.54) is 11.1 Å². The number of aryl methyl sites for hydroxylation is 2. The molecule has 21 heavy (non-hydrogen) atoms. The number of aromatic nitrogens is 2. The normalized spacial score (nSPS) is 10.6. The lowest BCUT2D eigenvalue weighted by Crippen LogP contribution is -2.11. The van der Waals surface area contributed by atoms with Crippen molar-refractivity contribution in [1.82, 2.24) is 10.2 Å². The molecule has 3 heteroatoms. The minimum absolute atomic E-state index is 0.170. The molecular weight excluding hydrogens is 260 g/mol. The van der Waals surface area contributed by atoms with Gasteiger partial charge in [-0.2, -0.15) is 5.10 Å². The van der Waals surface area contributed by atoms with Crippen LogP contribution in [0.3, 0.4) is 0 Å². The molecule has 1 heterocycles. The molecule has 104 valence electrons. The van der Waals surface area contributed by atoms with Gasteiger partial charge >= 0.3 is 0 Å². The molecule has 0 bridgehead atoms. The van der Waals surface area contributed by atoms with Crippen molar-refractivity contribution in [1.29, 1.82) is 0 Å². The lowest BCUT2D eigenvalue weighted by atomic mass is 9.96. The molecule has 0 aliphatic heterocycles. The van der Waals surface area contributed by atoms with E-state index in [4.69, 9.17) is 0 Å². The van der Waals surface area contributed by atoms with Crippen LogP contribution >= 0.6 is 0 Å². The summed E-state index contributed by atoms with van der Waals surface area (Å²) in [7, 11) is 0. The quantitative estimate of drug-likeness (QED) is 0.775. The van der Waals surface area contributed by atoms with Gasteiger partial charge in [-0.15, -0.1) is 0 Å². The summed E-state index contributed by atoms with van der Waals surface area (Å²) >= 11 is 0. The Morgan fingerprint density at radius 1 is 0.810 bits per heavy atom. The van der Waals surface area contributed by atoms with Gasteiger partial charge in [0.2, 0.25) is 0 Å². The predicted molar refractivity (Wildman–Crippen MR) is 85.2 cm³/mol. The molecule has 0 spiro atoms. The van der Waals surface area contributed by atoms with Gasteiger partial charge in [0.05, 0.1) is 11.8 Å². The van der Waals surface area contributed by atoms with Gasteiger partial charge < -0.3 is 0 Å². The first-order valence-corrected chi connectivity index (χ1v) is 6.87.